The number of hydrogen-bond donors (Lipinski definition) is 2. The Morgan fingerprint density at radius 1 is 1.36 bits per heavy atom. The van der Waals surface area contributed by atoms with Crippen molar-refractivity contribution in [2.24, 2.45) is 5.92 Å². The van der Waals surface area contributed by atoms with Gasteiger partial charge in [0, 0.05) is 11.0 Å². The molecule has 1 aliphatic heterocycles. The SMILES string of the molecule is CCC(C(=O)O)[C@@]12CCCN[C@]1(C)CCc1ccccc12.Cl. The number of fused-ring (bicyclic) bond motifs is 3. The quantitative estimate of drug-likeness (QED) is 0.894. The van der Waals surface area contributed by atoms with E-state index in [9.17, 15) is 9.90 Å². The van der Waals surface area contributed by atoms with Crippen molar-refractivity contribution in [3.63, 3.8) is 0 Å². The van der Waals surface area contributed by atoms with Crippen molar-refractivity contribution in [2.75, 3.05) is 6.54 Å². The molecule has 0 saturated carbocycles. The summed E-state index contributed by atoms with van der Waals surface area (Å²) in [7, 11) is 0. The number of aliphatic carboxylic acids is 1. The lowest BCUT2D eigenvalue weighted by atomic mass is 9.50. The molecule has 1 aliphatic carbocycles. The number of carboxylic acid groups (broad SMARTS) is 1. The van der Waals surface area contributed by atoms with Gasteiger partial charge in [0.05, 0.1) is 5.92 Å². The Labute approximate surface area is 138 Å². The molecule has 1 aromatic rings. The third kappa shape index (κ3) is 2.26. The molecule has 1 unspecified atom stereocenters. The van der Waals surface area contributed by atoms with Crippen LogP contribution in [-0.2, 0) is 16.6 Å². The number of hydrogen-bond acceptors (Lipinski definition) is 2. The van der Waals surface area contributed by atoms with E-state index in [1.165, 1.54) is 11.1 Å². The topological polar surface area (TPSA) is 49.3 Å². The standard InChI is InChI=1S/C18H25NO2.ClH/c1-3-14(16(20)21)18-10-6-12-19-17(18,2)11-9-13-7-4-5-8-15(13)18;/h4-5,7-8,14,19H,3,6,9-12H2,1-2H3,(H,20,21);1H/t14?,17-,18-;/m1./s1. The van der Waals surface area contributed by atoms with Gasteiger partial charge in [0.1, 0.15) is 0 Å². The fraction of sp³-hybridized carbons (Fsp3) is 0.611. The van der Waals surface area contributed by atoms with E-state index < -0.39 is 5.97 Å². The lowest BCUT2D eigenvalue weighted by Gasteiger charge is -2.58. The van der Waals surface area contributed by atoms with Gasteiger partial charge in [-0.2, -0.15) is 0 Å². The number of rotatable bonds is 3. The largest absolute Gasteiger partial charge is 0.481 e. The zero-order valence-corrected chi connectivity index (χ0v) is 14.2. The van der Waals surface area contributed by atoms with Gasteiger partial charge in [0.25, 0.3) is 0 Å². The van der Waals surface area contributed by atoms with Crippen LogP contribution in [0.25, 0.3) is 0 Å². The van der Waals surface area contributed by atoms with Crippen molar-refractivity contribution in [2.45, 2.75) is 56.9 Å². The van der Waals surface area contributed by atoms with Crippen molar-refractivity contribution < 1.29 is 9.90 Å². The summed E-state index contributed by atoms with van der Waals surface area (Å²) in [6.07, 6.45) is 4.76. The lowest BCUT2D eigenvalue weighted by molar-refractivity contribution is -0.147. The molecule has 1 aromatic carbocycles. The molecule has 0 radical (unpaired) electrons. The van der Waals surface area contributed by atoms with Crippen molar-refractivity contribution >= 4 is 18.4 Å². The Kier molecular flexibility index (Phi) is 4.88. The number of nitrogens with one attached hydrogen (secondary N) is 1. The van der Waals surface area contributed by atoms with Gasteiger partial charge in [-0.15, -0.1) is 12.4 Å². The van der Waals surface area contributed by atoms with E-state index in [1.807, 2.05) is 6.92 Å². The molecule has 1 heterocycles. The Morgan fingerprint density at radius 2 is 2.09 bits per heavy atom. The Balaban J connectivity index is 0.00000176. The first kappa shape index (κ1) is 17.3. The predicted molar refractivity (Wildman–Crippen MR) is 90.7 cm³/mol. The van der Waals surface area contributed by atoms with Crippen LogP contribution in [0, 0.1) is 5.92 Å². The molecule has 122 valence electrons. The van der Waals surface area contributed by atoms with E-state index in [0.717, 1.165) is 32.2 Å². The highest BCUT2D eigenvalue weighted by molar-refractivity contribution is 5.85. The maximum Gasteiger partial charge on any atom is 0.307 e. The van der Waals surface area contributed by atoms with E-state index in [1.54, 1.807) is 0 Å². The first-order valence-corrected chi connectivity index (χ1v) is 8.11. The average molecular weight is 324 g/mol. The Hall–Kier alpha value is -1.06. The van der Waals surface area contributed by atoms with Crippen molar-refractivity contribution in [3.8, 4) is 0 Å². The molecule has 0 bridgehead atoms. The first-order valence-electron chi connectivity index (χ1n) is 8.11. The van der Waals surface area contributed by atoms with Crippen LogP contribution >= 0.6 is 12.4 Å². The van der Waals surface area contributed by atoms with Crippen LogP contribution in [-0.4, -0.2) is 23.2 Å². The summed E-state index contributed by atoms with van der Waals surface area (Å²) in [6, 6.07) is 8.49. The number of piperidine rings is 1. The van der Waals surface area contributed by atoms with E-state index in [2.05, 4.69) is 36.5 Å². The van der Waals surface area contributed by atoms with Crippen molar-refractivity contribution in [1.29, 1.82) is 0 Å². The minimum absolute atomic E-state index is 0. The minimum Gasteiger partial charge on any atom is -0.481 e. The van der Waals surface area contributed by atoms with Crippen LogP contribution in [0.1, 0.15) is 50.7 Å². The minimum atomic E-state index is -0.649. The summed E-state index contributed by atoms with van der Waals surface area (Å²) in [5.41, 5.74) is 2.23. The molecule has 3 nitrogen and oxygen atoms in total. The van der Waals surface area contributed by atoms with Gasteiger partial charge in [0.2, 0.25) is 0 Å². The third-order valence-corrected chi connectivity index (χ3v) is 5.94. The van der Waals surface area contributed by atoms with Crippen LogP contribution < -0.4 is 5.32 Å². The molecular formula is C18H26ClNO2. The predicted octanol–water partition coefficient (Wildman–Crippen LogP) is 3.55. The van der Waals surface area contributed by atoms with Gasteiger partial charge in [0.15, 0.2) is 0 Å². The number of aryl methyl sites for hydroxylation is 1. The van der Waals surface area contributed by atoms with Gasteiger partial charge < -0.3 is 10.4 Å². The average Bonchev–Trinajstić information content (AvgIpc) is 2.48. The number of benzene rings is 1. The Morgan fingerprint density at radius 3 is 2.77 bits per heavy atom. The van der Waals surface area contributed by atoms with Crippen LogP contribution in [0.4, 0.5) is 0 Å². The zero-order valence-electron chi connectivity index (χ0n) is 13.4. The van der Waals surface area contributed by atoms with E-state index in [0.29, 0.717) is 6.42 Å². The van der Waals surface area contributed by atoms with E-state index >= 15 is 0 Å². The van der Waals surface area contributed by atoms with Gasteiger partial charge in [-0.05, 0) is 56.7 Å². The van der Waals surface area contributed by atoms with Gasteiger partial charge >= 0.3 is 5.97 Å². The third-order valence-electron chi connectivity index (χ3n) is 5.94. The molecule has 3 atom stereocenters. The molecular weight excluding hydrogens is 298 g/mol. The molecule has 4 heteroatoms. The summed E-state index contributed by atoms with van der Waals surface area (Å²) in [6.45, 7) is 5.25. The summed E-state index contributed by atoms with van der Waals surface area (Å²) in [5.74, 6) is -0.971. The molecule has 0 spiro atoms. The summed E-state index contributed by atoms with van der Waals surface area (Å²) < 4.78 is 0. The van der Waals surface area contributed by atoms with Gasteiger partial charge in [-0.25, -0.2) is 0 Å². The molecule has 0 aromatic heterocycles. The highest BCUT2D eigenvalue weighted by Crippen LogP contribution is 2.54. The maximum atomic E-state index is 12.0. The highest BCUT2D eigenvalue weighted by atomic mass is 35.5. The first-order chi connectivity index (χ1) is 10.0. The van der Waals surface area contributed by atoms with Crippen LogP contribution in [0.3, 0.4) is 0 Å². The lowest BCUT2D eigenvalue weighted by Crippen LogP contribution is -2.68. The maximum absolute atomic E-state index is 12.0. The summed E-state index contributed by atoms with van der Waals surface area (Å²) in [4.78, 5) is 12.0. The monoisotopic (exact) mass is 323 g/mol. The van der Waals surface area contributed by atoms with Crippen LogP contribution in [0.2, 0.25) is 0 Å². The smallest absolute Gasteiger partial charge is 0.307 e. The van der Waals surface area contributed by atoms with Crippen molar-refractivity contribution in [1.82, 2.24) is 5.32 Å². The number of carbonyl (C=O) groups is 1. The molecule has 0 amide bonds. The number of carboxylic acids is 1. The summed E-state index contributed by atoms with van der Waals surface area (Å²) in [5, 5.41) is 13.6. The zero-order chi connectivity index (χ0) is 15.1. The van der Waals surface area contributed by atoms with Crippen LogP contribution in [0.5, 0.6) is 0 Å². The second-order valence-electron chi connectivity index (χ2n) is 6.79. The Bertz CT molecular complexity index is 562. The molecule has 2 aliphatic rings. The second-order valence-corrected chi connectivity index (χ2v) is 6.79. The number of halogens is 1. The molecule has 22 heavy (non-hydrogen) atoms. The van der Waals surface area contributed by atoms with E-state index in [-0.39, 0.29) is 29.3 Å². The van der Waals surface area contributed by atoms with Crippen molar-refractivity contribution in [3.05, 3.63) is 35.4 Å². The summed E-state index contributed by atoms with van der Waals surface area (Å²) >= 11 is 0. The second kappa shape index (κ2) is 6.21. The van der Waals surface area contributed by atoms with Gasteiger partial charge in [-0.1, -0.05) is 31.2 Å². The molecule has 2 N–H and O–H groups in total. The molecule has 3 rings (SSSR count). The fourth-order valence-corrected chi connectivity index (χ4v) is 4.95. The molecule has 1 fully saturated rings. The normalized spacial score (nSPS) is 31.4. The fourth-order valence-electron chi connectivity index (χ4n) is 4.95. The van der Waals surface area contributed by atoms with Crippen LogP contribution in [0.15, 0.2) is 24.3 Å². The molecule has 1 saturated heterocycles. The van der Waals surface area contributed by atoms with Gasteiger partial charge in [-0.3, -0.25) is 4.79 Å². The highest BCUT2D eigenvalue weighted by Gasteiger charge is 2.58. The van der Waals surface area contributed by atoms with E-state index in [4.69, 9.17) is 0 Å².